The predicted octanol–water partition coefficient (Wildman–Crippen LogP) is 0.192. The molecule has 0 saturated carbocycles. The maximum Gasteiger partial charge on any atom is 0.189 e. The Balaban J connectivity index is 2.67. The van der Waals surface area contributed by atoms with Gasteiger partial charge in [-0.1, -0.05) is 30.3 Å². The Morgan fingerprint density at radius 1 is 1.31 bits per heavy atom. The van der Waals surface area contributed by atoms with Gasteiger partial charge >= 0.3 is 0 Å². The fourth-order valence-corrected chi connectivity index (χ4v) is 2.90. The largest absolute Gasteiger partial charge is 0.272 e. The molecule has 0 spiro atoms. The molecular formula is C9H15FN2Si. The van der Waals surface area contributed by atoms with E-state index in [1.54, 1.807) is 0 Å². The molecule has 1 N–H and O–H groups in total. The first-order chi connectivity index (χ1) is 6.24. The Hall–Kier alpha value is -0.713. The summed E-state index contributed by atoms with van der Waals surface area (Å²) in [6, 6.07) is 9.80. The van der Waals surface area contributed by atoms with E-state index < -0.39 is 8.96 Å². The third-order valence-corrected chi connectivity index (χ3v) is 4.10. The summed E-state index contributed by atoms with van der Waals surface area (Å²) in [5, 5.41) is 6.08. The number of hydrogen-bond donors (Lipinski definition) is 1. The van der Waals surface area contributed by atoms with Gasteiger partial charge in [0.05, 0.1) is 6.30 Å². The molecule has 1 rings (SSSR count). The molecule has 0 aliphatic carbocycles. The van der Waals surface area contributed by atoms with E-state index in [0.29, 0.717) is 0 Å². The topological polar surface area (TPSA) is 15.3 Å². The highest BCUT2D eigenvalue weighted by atomic mass is 28.3. The van der Waals surface area contributed by atoms with Crippen molar-refractivity contribution in [2.24, 2.45) is 0 Å². The smallest absolute Gasteiger partial charge is 0.189 e. The van der Waals surface area contributed by atoms with Crippen molar-refractivity contribution in [3.8, 4) is 0 Å². The number of nitrogens with one attached hydrogen (secondary N) is 1. The van der Waals surface area contributed by atoms with Crippen molar-refractivity contribution in [3.05, 3.63) is 30.3 Å². The van der Waals surface area contributed by atoms with Gasteiger partial charge in [-0.15, -0.1) is 0 Å². The molecule has 0 radical (unpaired) electrons. The quantitative estimate of drug-likeness (QED) is 0.549. The highest BCUT2D eigenvalue weighted by molar-refractivity contribution is 6.70. The van der Waals surface area contributed by atoms with Gasteiger partial charge in [0.1, 0.15) is 0 Å². The number of hydrazine groups is 1. The van der Waals surface area contributed by atoms with Crippen molar-refractivity contribution < 1.29 is 4.39 Å². The Kier molecular flexibility index (Phi) is 4.08. The van der Waals surface area contributed by atoms with Crippen LogP contribution >= 0.6 is 0 Å². The van der Waals surface area contributed by atoms with E-state index in [4.69, 9.17) is 0 Å². The van der Waals surface area contributed by atoms with Crippen LogP contribution in [0.15, 0.2) is 30.3 Å². The number of halogens is 1. The monoisotopic (exact) mass is 198 g/mol. The lowest BCUT2D eigenvalue weighted by Gasteiger charge is -2.19. The van der Waals surface area contributed by atoms with Gasteiger partial charge in [0.25, 0.3) is 0 Å². The zero-order chi connectivity index (χ0) is 9.68. The maximum atomic E-state index is 12.7. The third-order valence-electron chi connectivity index (χ3n) is 1.77. The van der Waals surface area contributed by atoms with Gasteiger partial charge < -0.3 is 0 Å². The van der Waals surface area contributed by atoms with Crippen LogP contribution in [0, 0.1) is 0 Å². The van der Waals surface area contributed by atoms with Crippen molar-refractivity contribution in [1.29, 1.82) is 0 Å². The fourth-order valence-electron chi connectivity index (χ4n) is 1.20. The average molecular weight is 198 g/mol. The summed E-state index contributed by atoms with van der Waals surface area (Å²) in [7, 11) is 2.16. The molecular weight excluding hydrogens is 183 g/mol. The molecule has 4 heteroatoms. The number of alkyl halides is 1. The van der Waals surface area contributed by atoms with Gasteiger partial charge in [-0.2, -0.15) is 0 Å². The van der Waals surface area contributed by atoms with Crippen LogP contribution in [0.4, 0.5) is 4.39 Å². The molecule has 0 bridgehead atoms. The minimum absolute atomic E-state index is 0.262. The minimum atomic E-state index is -1.62. The number of rotatable bonds is 4. The zero-order valence-electron chi connectivity index (χ0n) is 8.00. The van der Waals surface area contributed by atoms with Crippen molar-refractivity contribution >= 4 is 14.1 Å². The molecule has 0 amide bonds. The molecule has 0 heterocycles. The summed E-state index contributed by atoms with van der Waals surface area (Å²) in [5.74, 6) is 0. The summed E-state index contributed by atoms with van der Waals surface area (Å²) in [6.07, 6.45) is -0.262. The number of nitrogens with zero attached hydrogens (tertiary/aromatic N) is 1. The van der Waals surface area contributed by atoms with Gasteiger partial charge in [0.15, 0.2) is 8.96 Å². The first kappa shape index (κ1) is 10.4. The van der Waals surface area contributed by atoms with Gasteiger partial charge in [-0.3, -0.25) is 14.5 Å². The molecule has 13 heavy (non-hydrogen) atoms. The summed E-state index contributed by atoms with van der Waals surface area (Å²) in [4.78, 5) is 0. The Morgan fingerprint density at radius 3 is 2.38 bits per heavy atom. The van der Waals surface area contributed by atoms with Crippen molar-refractivity contribution in [3.63, 3.8) is 0 Å². The van der Waals surface area contributed by atoms with E-state index >= 15 is 0 Å². The standard InChI is InChI=1S/C9H15FN2Si/c1-12(2)11-13(8-10)9-6-4-3-5-7-9/h3-7,11,13H,8H2,1-2H3. The Bertz CT molecular complexity index is 241. The van der Waals surface area contributed by atoms with Crippen molar-refractivity contribution in [2.75, 3.05) is 20.4 Å². The van der Waals surface area contributed by atoms with Crippen LogP contribution in [0.1, 0.15) is 0 Å². The van der Waals surface area contributed by atoms with Crippen LogP contribution in [-0.2, 0) is 0 Å². The summed E-state index contributed by atoms with van der Waals surface area (Å²) in [5.41, 5.74) is 0. The molecule has 2 nitrogen and oxygen atoms in total. The van der Waals surface area contributed by atoms with Gasteiger partial charge in [0.2, 0.25) is 0 Å². The van der Waals surface area contributed by atoms with Gasteiger partial charge in [-0.05, 0) is 5.19 Å². The fraction of sp³-hybridized carbons (Fsp3) is 0.333. The highest BCUT2D eigenvalue weighted by Gasteiger charge is 2.12. The lowest BCUT2D eigenvalue weighted by atomic mass is 10.4. The van der Waals surface area contributed by atoms with E-state index in [1.807, 2.05) is 49.4 Å². The predicted molar refractivity (Wildman–Crippen MR) is 56.0 cm³/mol. The third kappa shape index (κ3) is 3.26. The molecule has 0 aromatic heterocycles. The van der Waals surface area contributed by atoms with E-state index in [-0.39, 0.29) is 6.30 Å². The van der Waals surface area contributed by atoms with Crippen LogP contribution < -0.4 is 10.3 Å². The Labute approximate surface area is 80.0 Å². The van der Waals surface area contributed by atoms with E-state index in [2.05, 4.69) is 5.09 Å². The highest BCUT2D eigenvalue weighted by Crippen LogP contribution is 1.87. The lowest BCUT2D eigenvalue weighted by molar-refractivity contribution is 0.364. The van der Waals surface area contributed by atoms with Crippen LogP contribution in [-0.4, -0.2) is 34.4 Å². The zero-order valence-corrected chi connectivity index (χ0v) is 9.15. The van der Waals surface area contributed by atoms with Crippen molar-refractivity contribution in [1.82, 2.24) is 10.1 Å². The molecule has 0 aliphatic heterocycles. The van der Waals surface area contributed by atoms with Crippen LogP contribution in [0.2, 0.25) is 0 Å². The van der Waals surface area contributed by atoms with Crippen LogP contribution in [0.25, 0.3) is 0 Å². The second kappa shape index (κ2) is 5.11. The van der Waals surface area contributed by atoms with Crippen molar-refractivity contribution in [2.45, 2.75) is 0 Å². The van der Waals surface area contributed by atoms with Gasteiger partial charge in [-0.25, -0.2) is 0 Å². The molecule has 1 aromatic rings. The SMILES string of the molecule is CN(C)N[SiH](CF)c1ccccc1. The second-order valence-corrected chi connectivity index (χ2v) is 5.48. The Morgan fingerprint density at radius 2 is 1.92 bits per heavy atom. The molecule has 1 atom stereocenters. The number of hydrogen-bond acceptors (Lipinski definition) is 2. The molecule has 1 aromatic carbocycles. The molecule has 1 unspecified atom stereocenters. The van der Waals surface area contributed by atoms with Crippen LogP contribution in [0.5, 0.6) is 0 Å². The first-order valence-electron chi connectivity index (χ1n) is 4.28. The van der Waals surface area contributed by atoms with E-state index in [9.17, 15) is 4.39 Å². The lowest BCUT2D eigenvalue weighted by Crippen LogP contribution is -2.52. The average Bonchev–Trinajstić information content (AvgIpc) is 2.15. The first-order valence-corrected chi connectivity index (χ1v) is 6.25. The summed E-state index contributed by atoms with van der Waals surface area (Å²) in [6.45, 7) is 0. The van der Waals surface area contributed by atoms with E-state index in [0.717, 1.165) is 5.19 Å². The van der Waals surface area contributed by atoms with Crippen LogP contribution in [0.3, 0.4) is 0 Å². The molecule has 0 fully saturated rings. The van der Waals surface area contributed by atoms with E-state index in [1.165, 1.54) is 0 Å². The molecule has 0 saturated heterocycles. The van der Waals surface area contributed by atoms with Gasteiger partial charge in [0, 0.05) is 14.1 Å². The second-order valence-electron chi connectivity index (χ2n) is 3.14. The minimum Gasteiger partial charge on any atom is -0.272 e. The maximum absolute atomic E-state index is 12.7. The molecule has 72 valence electrons. The normalized spacial score (nSPS) is 13.2. The summed E-state index contributed by atoms with van der Waals surface area (Å²) >= 11 is 0. The number of benzene rings is 1. The summed E-state index contributed by atoms with van der Waals surface area (Å²) < 4.78 is 12.7. The molecule has 0 aliphatic rings.